The van der Waals surface area contributed by atoms with E-state index in [1.807, 2.05) is 18.2 Å². The van der Waals surface area contributed by atoms with Crippen LogP contribution in [0.5, 0.6) is 5.75 Å². The molecule has 0 aliphatic heterocycles. The van der Waals surface area contributed by atoms with Gasteiger partial charge in [-0.3, -0.25) is 0 Å². The average molecular weight is 375 g/mol. The number of nitrogen functional groups attached to an aromatic ring is 1. The van der Waals surface area contributed by atoms with Gasteiger partial charge in [0.2, 0.25) is 5.95 Å². The van der Waals surface area contributed by atoms with Crippen LogP contribution in [0.4, 0.5) is 11.8 Å². The zero-order valence-electron chi connectivity index (χ0n) is 13.2. The summed E-state index contributed by atoms with van der Waals surface area (Å²) < 4.78 is 0. The largest absolute Gasteiger partial charge is 0.508 e. The molecule has 0 bridgehead atoms. The number of phenols is 1. The second-order valence-corrected chi connectivity index (χ2v) is 6.23. The number of anilines is 2. The second-order valence-electron chi connectivity index (χ2n) is 5.44. The molecule has 0 spiro atoms. The van der Waals surface area contributed by atoms with Crippen LogP contribution in [0, 0.1) is 0 Å². The number of nitrogens with one attached hydrogen (secondary N) is 1. The molecule has 25 heavy (non-hydrogen) atoms. The fourth-order valence-corrected chi connectivity index (χ4v) is 2.79. The monoisotopic (exact) mass is 374 g/mol. The maximum Gasteiger partial charge on any atom is 0.222 e. The molecule has 0 saturated carbocycles. The number of aromatic hydroxyl groups is 1. The van der Waals surface area contributed by atoms with Crippen molar-refractivity contribution in [3.8, 4) is 17.0 Å². The summed E-state index contributed by atoms with van der Waals surface area (Å²) in [6.07, 6.45) is 0.775. The molecule has 3 rings (SSSR count). The van der Waals surface area contributed by atoms with Gasteiger partial charge in [-0.1, -0.05) is 47.5 Å². The summed E-state index contributed by atoms with van der Waals surface area (Å²) in [7, 11) is 0. The van der Waals surface area contributed by atoms with Crippen molar-refractivity contribution in [3.63, 3.8) is 0 Å². The first kappa shape index (κ1) is 17.3. The Labute approximate surface area is 155 Å². The highest BCUT2D eigenvalue weighted by Crippen LogP contribution is 2.33. The Bertz CT molecular complexity index is 885. The molecule has 128 valence electrons. The summed E-state index contributed by atoms with van der Waals surface area (Å²) in [6, 6.07) is 14.2. The molecule has 0 radical (unpaired) electrons. The van der Waals surface area contributed by atoms with E-state index in [1.54, 1.807) is 30.3 Å². The van der Waals surface area contributed by atoms with E-state index in [4.69, 9.17) is 28.9 Å². The summed E-state index contributed by atoms with van der Waals surface area (Å²) in [5.41, 5.74) is 8.22. The highest BCUT2D eigenvalue weighted by Gasteiger charge is 2.10. The third-order valence-electron chi connectivity index (χ3n) is 3.63. The van der Waals surface area contributed by atoms with Crippen LogP contribution in [0.3, 0.4) is 0 Å². The fourth-order valence-electron chi connectivity index (χ4n) is 2.39. The first-order valence-corrected chi connectivity index (χ1v) is 8.39. The van der Waals surface area contributed by atoms with Gasteiger partial charge in [0.15, 0.2) is 0 Å². The van der Waals surface area contributed by atoms with Crippen molar-refractivity contribution in [3.05, 3.63) is 64.1 Å². The van der Waals surface area contributed by atoms with Crippen molar-refractivity contribution in [1.29, 1.82) is 0 Å². The minimum Gasteiger partial charge on any atom is -0.508 e. The van der Waals surface area contributed by atoms with Gasteiger partial charge in [0, 0.05) is 18.2 Å². The van der Waals surface area contributed by atoms with E-state index in [2.05, 4.69) is 15.3 Å². The quantitative estimate of drug-likeness (QED) is 0.616. The molecule has 0 amide bonds. The molecular formula is C18H16Cl2N4O. The van der Waals surface area contributed by atoms with E-state index in [0.29, 0.717) is 33.7 Å². The third kappa shape index (κ3) is 4.32. The molecule has 0 fully saturated rings. The molecule has 2 aromatic carbocycles. The van der Waals surface area contributed by atoms with Crippen molar-refractivity contribution >= 4 is 35.0 Å². The minimum absolute atomic E-state index is 0.153. The van der Waals surface area contributed by atoms with Crippen LogP contribution in [0.15, 0.2) is 48.5 Å². The number of nitrogens with zero attached hydrogens (tertiary/aromatic N) is 2. The van der Waals surface area contributed by atoms with Crippen molar-refractivity contribution in [2.24, 2.45) is 0 Å². The lowest BCUT2D eigenvalue weighted by Crippen LogP contribution is -2.08. The van der Waals surface area contributed by atoms with Gasteiger partial charge in [0.05, 0.1) is 15.7 Å². The van der Waals surface area contributed by atoms with Gasteiger partial charge in [0.25, 0.3) is 0 Å². The summed E-state index contributed by atoms with van der Waals surface area (Å²) in [4.78, 5) is 8.43. The van der Waals surface area contributed by atoms with Gasteiger partial charge in [0.1, 0.15) is 11.6 Å². The molecule has 0 unspecified atom stereocenters. The summed E-state index contributed by atoms with van der Waals surface area (Å²) in [6.45, 7) is 0.657. The predicted octanol–water partition coefficient (Wildman–Crippen LogP) is 4.39. The summed E-state index contributed by atoms with van der Waals surface area (Å²) in [5, 5.41) is 13.4. The zero-order valence-corrected chi connectivity index (χ0v) is 14.7. The summed E-state index contributed by atoms with van der Waals surface area (Å²) in [5.74, 6) is 1.02. The number of phenolic OH excluding ortho intramolecular Hbond substituents is 1. The summed E-state index contributed by atoms with van der Waals surface area (Å²) >= 11 is 12.3. The normalized spacial score (nSPS) is 10.6. The van der Waals surface area contributed by atoms with Gasteiger partial charge in [-0.05, 0) is 30.2 Å². The maximum atomic E-state index is 9.30. The van der Waals surface area contributed by atoms with Crippen LogP contribution in [0.25, 0.3) is 11.3 Å². The number of hydrogen-bond donors (Lipinski definition) is 3. The molecule has 1 aromatic heterocycles. The van der Waals surface area contributed by atoms with E-state index in [-0.39, 0.29) is 11.7 Å². The number of halogens is 2. The molecule has 0 aliphatic carbocycles. The molecular weight excluding hydrogens is 359 g/mol. The van der Waals surface area contributed by atoms with E-state index in [0.717, 1.165) is 12.0 Å². The lowest BCUT2D eigenvalue weighted by Gasteiger charge is -2.10. The topological polar surface area (TPSA) is 84.1 Å². The van der Waals surface area contributed by atoms with Crippen LogP contribution < -0.4 is 11.1 Å². The Morgan fingerprint density at radius 3 is 2.56 bits per heavy atom. The third-order valence-corrected chi connectivity index (χ3v) is 4.45. The molecule has 7 heteroatoms. The van der Waals surface area contributed by atoms with Crippen molar-refractivity contribution < 1.29 is 5.11 Å². The van der Waals surface area contributed by atoms with Crippen molar-refractivity contribution in [1.82, 2.24) is 9.97 Å². The molecule has 0 aliphatic rings. The Hall–Kier alpha value is -2.50. The second kappa shape index (κ2) is 7.59. The first-order chi connectivity index (χ1) is 12.0. The molecule has 3 aromatic rings. The van der Waals surface area contributed by atoms with Crippen LogP contribution in [-0.2, 0) is 6.42 Å². The van der Waals surface area contributed by atoms with Gasteiger partial charge >= 0.3 is 0 Å². The number of nitrogens with two attached hydrogens (primary N) is 1. The van der Waals surface area contributed by atoms with Crippen LogP contribution in [0.2, 0.25) is 10.0 Å². The molecule has 1 heterocycles. The molecule has 0 saturated heterocycles. The number of benzene rings is 2. The Morgan fingerprint density at radius 1 is 1.04 bits per heavy atom. The lowest BCUT2D eigenvalue weighted by atomic mass is 10.1. The van der Waals surface area contributed by atoms with Crippen LogP contribution in [-0.4, -0.2) is 21.6 Å². The number of hydrogen-bond acceptors (Lipinski definition) is 5. The lowest BCUT2D eigenvalue weighted by molar-refractivity contribution is 0.475. The number of rotatable bonds is 5. The highest BCUT2D eigenvalue weighted by molar-refractivity contribution is 6.43. The Balaban J connectivity index is 1.75. The predicted molar refractivity (Wildman–Crippen MR) is 102 cm³/mol. The van der Waals surface area contributed by atoms with E-state index >= 15 is 0 Å². The van der Waals surface area contributed by atoms with Crippen molar-refractivity contribution in [2.45, 2.75) is 6.42 Å². The van der Waals surface area contributed by atoms with E-state index < -0.39 is 0 Å². The molecule has 0 atom stereocenters. The number of aromatic nitrogens is 2. The van der Waals surface area contributed by atoms with E-state index in [9.17, 15) is 5.11 Å². The van der Waals surface area contributed by atoms with Gasteiger partial charge in [-0.15, -0.1) is 0 Å². The van der Waals surface area contributed by atoms with E-state index in [1.165, 1.54) is 0 Å². The Morgan fingerprint density at radius 2 is 1.80 bits per heavy atom. The van der Waals surface area contributed by atoms with Crippen LogP contribution in [0.1, 0.15) is 5.56 Å². The maximum absolute atomic E-state index is 9.30. The SMILES string of the molecule is Nc1nc(NCCc2ccc(O)cc2)cc(-c2cccc(Cl)c2Cl)n1. The first-order valence-electron chi connectivity index (χ1n) is 7.63. The van der Waals surface area contributed by atoms with Gasteiger partial charge < -0.3 is 16.2 Å². The molecule has 4 N–H and O–H groups in total. The zero-order chi connectivity index (χ0) is 17.8. The minimum atomic E-state index is 0.153. The fraction of sp³-hybridized carbons (Fsp3) is 0.111. The van der Waals surface area contributed by atoms with Crippen molar-refractivity contribution in [2.75, 3.05) is 17.6 Å². The van der Waals surface area contributed by atoms with Crippen LogP contribution >= 0.6 is 23.2 Å². The standard InChI is InChI=1S/C18H16Cl2N4O/c19-14-3-1-2-13(17(14)20)15-10-16(24-18(21)23-15)22-9-8-11-4-6-12(25)7-5-11/h1-7,10,25H,8-9H2,(H3,21,22,23,24). The molecule has 5 nitrogen and oxygen atoms in total. The Kier molecular flexibility index (Phi) is 5.26. The highest BCUT2D eigenvalue weighted by atomic mass is 35.5. The average Bonchev–Trinajstić information content (AvgIpc) is 2.59. The smallest absolute Gasteiger partial charge is 0.222 e. The van der Waals surface area contributed by atoms with Gasteiger partial charge in [-0.25, -0.2) is 4.98 Å². The van der Waals surface area contributed by atoms with Gasteiger partial charge in [-0.2, -0.15) is 4.98 Å².